The zero-order chi connectivity index (χ0) is 102. The minimum Gasteiger partial charge on any atom is -0.305 e. The van der Waals surface area contributed by atoms with Gasteiger partial charge in [-0.3, -0.25) is 0 Å². The zero-order valence-corrected chi connectivity index (χ0v) is 102. The second-order valence-corrected chi connectivity index (χ2v) is 47.3. The van der Waals surface area contributed by atoms with Gasteiger partial charge in [0.15, 0.2) is 0 Å². The van der Waals surface area contributed by atoms with E-state index in [1.54, 1.807) is 24.5 Å². The molecule has 0 saturated heterocycles. The third kappa shape index (κ3) is 27.6. The Morgan fingerprint density at radius 3 is 1.20 bits per heavy atom. The zero-order valence-electron chi connectivity index (χ0n) is 86.9. The van der Waals surface area contributed by atoms with Crippen molar-refractivity contribution in [3.63, 3.8) is 0 Å². The summed E-state index contributed by atoms with van der Waals surface area (Å²) in [4.78, 5) is 37.8. The predicted octanol–water partition coefficient (Wildman–Crippen LogP) is 22.1. The maximum Gasteiger partial charge on any atom is 0.0160 e. The van der Waals surface area contributed by atoms with Crippen molar-refractivity contribution in [3.05, 3.63) is 506 Å². The predicted molar refractivity (Wildman–Crippen MR) is 603 cm³/mol. The summed E-state index contributed by atoms with van der Waals surface area (Å²) in [5, 5.41) is 0. The molecule has 0 amide bonds. The number of fused-ring (bicyclic) bond motifs is 8. The largest absolute Gasteiger partial charge is 0.305 e. The normalized spacial score (nSPS) is 12.5. The van der Waals surface area contributed by atoms with Crippen LogP contribution in [0.3, 0.4) is 0 Å². The monoisotopic (exact) mass is 2970 g/mol. The maximum absolute atomic E-state index is 7.25. The number of hydrogen-bond acceptors (Lipinski definition) is 9. The number of rotatable bonds is 10. The van der Waals surface area contributed by atoms with Gasteiger partial charge in [-0.05, 0) is 60.4 Å². The number of aromatic nitrogens is 8. The van der Waals surface area contributed by atoms with Gasteiger partial charge in [-0.1, -0.05) is 75.7 Å². The molecule has 0 atom stereocenters. The van der Waals surface area contributed by atoms with E-state index in [1.807, 2.05) is 189 Å². The molecule has 18 heteroatoms. The third-order valence-corrected chi connectivity index (χ3v) is 38.5. The Morgan fingerprint density at radius 2 is 0.716 bits per heavy atom. The van der Waals surface area contributed by atoms with E-state index in [1.165, 1.54) is 123 Å². The summed E-state index contributed by atoms with van der Waals surface area (Å²) < 4.78 is 36.6. The third-order valence-electron chi connectivity index (χ3n) is 25.2. The summed E-state index contributed by atoms with van der Waals surface area (Å²) in [5.74, 6) is 0. The minimum absolute atomic E-state index is 0. The number of pyridine rings is 8. The molecule has 12 heterocycles. The summed E-state index contributed by atoms with van der Waals surface area (Å²) in [5.41, 5.74) is 31.5. The van der Waals surface area contributed by atoms with E-state index in [9.17, 15) is 0 Å². The smallest absolute Gasteiger partial charge is 0.0160 e. The molecule has 748 valence electrons. The molecule has 0 N–H and O–H groups in total. The van der Waals surface area contributed by atoms with Crippen LogP contribution in [-0.2, 0) is 91.3 Å². The van der Waals surface area contributed by atoms with Crippen molar-refractivity contribution in [1.29, 1.82) is 0 Å². The van der Waals surface area contributed by atoms with E-state index >= 15 is 0 Å². The quantitative estimate of drug-likeness (QED) is 0.0977. The summed E-state index contributed by atoms with van der Waals surface area (Å²) in [7, 11) is 0. The number of para-hydroxylation sites is 1. The van der Waals surface area contributed by atoms with E-state index in [0.717, 1.165) is 91.8 Å². The molecule has 0 fully saturated rings. The average Bonchev–Trinajstić information content (AvgIpc) is 0.739. The first-order valence-corrected chi connectivity index (χ1v) is 56.6. The van der Waals surface area contributed by atoms with Crippen molar-refractivity contribution < 1.29 is 84.5 Å². The number of nitrogens with zero attached hydrogens (tertiary/aromatic N) is 9. The molecule has 0 spiro atoms. The van der Waals surface area contributed by atoms with E-state index in [0.29, 0.717) is 80.3 Å². The molecular weight excluding hydrogens is 2850 g/mol. The second kappa shape index (κ2) is 54.5. The van der Waals surface area contributed by atoms with Crippen molar-refractivity contribution in [2.45, 2.75) is 119 Å². The van der Waals surface area contributed by atoms with Crippen molar-refractivity contribution >= 4 is 131 Å². The van der Waals surface area contributed by atoms with Crippen LogP contribution >= 0.6 is 0 Å². The van der Waals surface area contributed by atoms with Gasteiger partial charge >= 0.3 is 568 Å². The Bertz CT molecular complexity index is 7770. The number of aryl methyl sites for hydroxylation is 5. The standard InChI is InChI=1S/C22H20NSe.C21H19N2Se.C20H16NSe.C17H10NSe2.C14H14N.C13H12N.C12H10N.C11H8N.4Ir/c1-3-22(4-2)17-11-5-6-13-19(17)24-20-14-9-10-16(21(20)22)18-12-7-8-15-23-18;1-21(2,3)23-17-11-4-5-12-18(17)24-19-13-8-9-15(20(19)23)16-10-6-7-14-22-16;1-20(2)15-9-3-4-11-17(15)22-18-12-7-8-14(19(18)20)16-10-5-6-13-21-16;1-2-9-15-14(8-1)19-16-10-5-6-12(17(16)20-15)13-7-3-4-11-18-13;1-10-8-13(9-11(2)12(10)3)14-6-4-5-7-15-14;1-10-8-13(14-9-11(10)2)12-6-4-3-5-7-12;1-10-5-7-11(8-6-10)12-4-2-3-9-13-12;1-2-6-10(7-3-1)11-8-4-5-9-12-11;;;;/h5-9,11-15H,3-4H2,1-2H3;4-8,10-14H,1-3H3;3-7,9-13H,1-2H3;1-5,7-11H;4-8H,1-3H3;3-6,8-9H,1-2H3;2-7,9H,1H3;1-6,8-9H;;;;/q8*-1;;;;/i;;;;;;1D3;;;;;. The molecule has 4 radical (unpaired) electrons. The molecule has 0 bridgehead atoms. The number of hydrogen-bond donors (Lipinski definition) is 0. The minimum atomic E-state index is -2.07. The van der Waals surface area contributed by atoms with Crippen LogP contribution in [-0.4, -0.2) is 120 Å². The van der Waals surface area contributed by atoms with Gasteiger partial charge in [-0.2, -0.15) is 0 Å². The fourth-order valence-corrected chi connectivity index (χ4v) is 31.3. The Balaban J connectivity index is 0.000000145. The van der Waals surface area contributed by atoms with Gasteiger partial charge in [0.05, 0.1) is 0 Å². The Morgan fingerprint density at radius 1 is 0.318 bits per heavy atom. The van der Waals surface area contributed by atoms with Crippen molar-refractivity contribution in [3.8, 4) is 90.1 Å². The number of anilines is 2. The van der Waals surface area contributed by atoms with Crippen LogP contribution in [0.2, 0.25) is 0 Å². The summed E-state index contributed by atoms with van der Waals surface area (Å²) >= 11 is 1.76. The van der Waals surface area contributed by atoms with Gasteiger partial charge in [-0.15, -0.1) is 142 Å². The van der Waals surface area contributed by atoms with Crippen LogP contribution in [0.25, 0.3) is 90.1 Å². The second-order valence-electron chi connectivity index (χ2n) is 36.0. The Hall–Kier alpha value is -11.2. The Kier molecular flexibility index (Phi) is 40.3. The van der Waals surface area contributed by atoms with Crippen molar-refractivity contribution in [1.82, 2.24) is 39.9 Å². The van der Waals surface area contributed by atoms with E-state index in [2.05, 4.69) is 358 Å². The van der Waals surface area contributed by atoms with Gasteiger partial charge < -0.3 is 19.9 Å². The topological polar surface area (TPSA) is 106 Å². The van der Waals surface area contributed by atoms with Gasteiger partial charge in [-0.25, -0.2) is 0 Å². The molecule has 12 aromatic carbocycles. The molecule has 9 nitrogen and oxygen atoms in total. The fourth-order valence-electron chi connectivity index (χ4n) is 17.6. The first-order chi connectivity index (χ1) is 71.4. The number of benzene rings is 12. The molecular formula is C130H109Ir4N9Se5-8. The van der Waals surface area contributed by atoms with Gasteiger partial charge in [0.2, 0.25) is 0 Å². The van der Waals surface area contributed by atoms with Crippen LogP contribution in [0, 0.1) is 90.0 Å². The molecule has 8 aromatic heterocycles. The molecule has 20 aromatic rings. The first-order valence-electron chi connectivity index (χ1n) is 49.5. The fraction of sp³-hybridized carbons (Fsp3) is 0.138. The summed E-state index contributed by atoms with van der Waals surface area (Å²) in [6.07, 6.45) is 16.9. The molecule has 148 heavy (non-hydrogen) atoms. The van der Waals surface area contributed by atoms with Crippen LogP contribution in [0.1, 0.15) is 121 Å². The van der Waals surface area contributed by atoms with E-state index in [-0.39, 0.29) is 96.8 Å². The molecule has 0 saturated carbocycles. The Labute approximate surface area is 964 Å². The van der Waals surface area contributed by atoms with E-state index in [4.69, 9.17) is 4.11 Å². The summed E-state index contributed by atoms with van der Waals surface area (Å²) in [6, 6.07) is 146. The first kappa shape index (κ1) is 110. The maximum atomic E-state index is 7.25. The van der Waals surface area contributed by atoms with Crippen molar-refractivity contribution in [2.24, 2.45) is 0 Å². The van der Waals surface area contributed by atoms with E-state index < -0.39 is 6.85 Å². The van der Waals surface area contributed by atoms with Crippen LogP contribution in [0.15, 0.2) is 401 Å². The molecule has 4 aliphatic rings. The van der Waals surface area contributed by atoms with Crippen LogP contribution in [0.5, 0.6) is 0 Å². The molecule has 0 unspecified atom stereocenters. The van der Waals surface area contributed by atoms with Gasteiger partial charge in [0.25, 0.3) is 0 Å². The van der Waals surface area contributed by atoms with Gasteiger partial charge in [0, 0.05) is 109 Å². The SMILES string of the molecule is CC(C)(C)N1c2ccccc2[Se]c2cc[c-]c(-c3ccccn3)c21.CC1(C)c2ccccc2[Se]c2cc[c-]c(-c3ccccn3)c21.CCC1(CC)c2ccccc2[Se]c2cc[c-]c(-c3ccccn3)c21.Cc1[c-]c(-c2ccccn2)cc(C)c1C.Cc1cnc(-c2[c-]cccc2)cc1C.[2H]C([2H])([2H])c1c[c-]c(-c2ccccn2)cc1.[Ir].[Ir].[Ir].[Ir].[c-]1ccc2c(c1-c1ccccn1)[Se]c1ccccc1[Se]2.[c-]1ccccc1-c1ccccn1. The van der Waals surface area contributed by atoms with Crippen molar-refractivity contribution in [2.75, 3.05) is 4.90 Å². The van der Waals surface area contributed by atoms with Gasteiger partial charge in [0.1, 0.15) is 0 Å². The van der Waals surface area contributed by atoms with Crippen LogP contribution < -0.4 is 49.5 Å². The summed E-state index contributed by atoms with van der Waals surface area (Å²) in [6.45, 7) is 24.5. The average molecular weight is 2960 g/mol. The molecule has 0 aliphatic carbocycles. The molecule has 24 rings (SSSR count). The molecule has 4 aliphatic heterocycles. The van der Waals surface area contributed by atoms with Crippen LogP contribution in [0.4, 0.5) is 11.4 Å².